The number of aromatic carboxylic acids is 1. The van der Waals surface area contributed by atoms with Crippen molar-refractivity contribution < 1.29 is 14.3 Å². The number of carboxylic acids is 1. The number of hydrogen-bond acceptors (Lipinski definition) is 2. The third kappa shape index (κ3) is 2.86. The number of aromatic nitrogens is 1. The van der Waals surface area contributed by atoms with E-state index in [-0.39, 0.29) is 5.82 Å². The molecular weight excluding hydrogens is 281 g/mol. The Kier molecular flexibility index (Phi) is 4.18. The lowest BCUT2D eigenvalue weighted by atomic mass is 9.79. The molecule has 2 aromatic rings. The number of halogens is 1. The lowest BCUT2D eigenvalue weighted by Crippen LogP contribution is -2.13. The van der Waals surface area contributed by atoms with E-state index < -0.39 is 5.97 Å². The maximum Gasteiger partial charge on any atom is 0.336 e. The van der Waals surface area contributed by atoms with Crippen molar-refractivity contribution >= 4 is 5.97 Å². The summed E-state index contributed by atoms with van der Waals surface area (Å²) in [5.74, 6) is -0.747. The van der Waals surface area contributed by atoms with Gasteiger partial charge in [-0.15, -0.1) is 0 Å². The Bertz CT molecular complexity index is 699. The van der Waals surface area contributed by atoms with Crippen molar-refractivity contribution in [3.05, 3.63) is 64.7 Å². The molecule has 1 aliphatic carbocycles. The van der Waals surface area contributed by atoms with Crippen molar-refractivity contribution in [3.8, 4) is 0 Å². The van der Waals surface area contributed by atoms with Crippen molar-refractivity contribution in [1.82, 2.24) is 4.98 Å². The third-order valence-corrected chi connectivity index (χ3v) is 4.47. The van der Waals surface area contributed by atoms with Crippen LogP contribution in [0.25, 0.3) is 0 Å². The standard InChI is InChI=1S/C18H18FNO2/c19-17-6-2-4-14-12(3-1-5-16(14)17)7-8-13-11-20-10-9-15(13)18(21)22/h2,4,6,9-12H,1,3,5,7-8H2,(H,21,22). The number of fused-ring (bicyclic) bond motifs is 1. The molecule has 0 saturated heterocycles. The summed E-state index contributed by atoms with van der Waals surface area (Å²) in [7, 11) is 0. The first-order chi connectivity index (χ1) is 10.7. The molecule has 1 aliphatic rings. The number of hydrogen-bond donors (Lipinski definition) is 1. The van der Waals surface area contributed by atoms with Crippen LogP contribution in [0.1, 0.15) is 52.2 Å². The molecule has 0 fully saturated rings. The summed E-state index contributed by atoms with van der Waals surface area (Å²) < 4.78 is 13.9. The Morgan fingerprint density at radius 1 is 1.36 bits per heavy atom. The van der Waals surface area contributed by atoms with Crippen LogP contribution in [0.2, 0.25) is 0 Å². The van der Waals surface area contributed by atoms with Gasteiger partial charge in [-0.2, -0.15) is 0 Å². The van der Waals surface area contributed by atoms with E-state index in [4.69, 9.17) is 0 Å². The van der Waals surface area contributed by atoms with E-state index in [1.54, 1.807) is 12.3 Å². The number of benzene rings is 1. The normalized spacial score (nSPS) is 17.0. The first-order valence-corrected chi connectivity index (χ1v) is 7.60. The fourth-order valence-corrected chi connectivity index (χ4v) is 3.37. The summed E-state index contributed by atoms with van der Waals surface area (Å²) >= 11 is 0. The maximum absolute atomic E-state index is 13.9. The Morgan fingerprint density at radius 3 is 3.05 bits per heavy atom. The van der Waals surface area contributed by atoms with E-state index >= 15 is 0 Å². The second-order valence-corrected chi connectivity index (χ2v) is 5.77. The molecule has 0 amide bonds. The molecule has 3 rings (SSSR count). The van der Waals surface area contributed by atoms with Gasteiger partial charge in [0.05, 0.1) is 5.56 Å². The molecule has 3 nitrogen and oxygen atoms in total. The predicted molar refractivity (Wildman–Crippen MR) is 81.6 cm³/mol. The van der Waals surface area contributed by atoms with E-state index in [1.807, 2.05) is 6.07 Å². The molecule has 1 aromatic heterocycles. The molecule has 22 heavy (non-hydrogen) atoms. The Morgan fingerprint density at radius 2 is 2.23 bits per heavy atom. The SMILES string of the molecule is O=C(O)c1ccncc1CCC1CCCc2c(F)cccc21. The third-order valence-electron chi connectivity index (χ3n) is 4.47. The first kappa shape index (κ1) is 14.7. The number of carboxylic acid groups (broad SMARTS) is 1. The highest BCUT2D eigenvalue weighted by Crippen LogP contribution is 2.36. The minimum Gasteiger partial charge on any atom is -0.478 e. The van der Waals surface area contributed by atoms with Crippen molar-refractivity contribution in [2.45, 2.75) is 38.0 Å². The molecule has 1 aromatic carbocycles. The summed E-state index contributed by atoms with van der Waals surface area (Å²) in [6.45, 7) is 0. The maximum atomic E-state index is 13.9. The minimum absolute atomic E-state index is 0.116. The van der Waals surface area contributed by atoms with E-state index in [9.17, 15) is 14.3 Å². The predicted octanol–water partition coefficient (Wildman–Crippen LogP) is 3.97. The largest absolute Gasteiger partial charge is 0.478 e. The average Bonchev–Trinajstić information content (AvgIpc) is 2.53. The molecule has 0 radical (unpaired) electrons. The van der Waals surface area contributed by atoms with E-state index in [1.165, 1.54) is 18.3 Å². The Hall–Kier alpha value is -2.23. The first-order valence-electron chi connectivity index (χ1n) is 7.60. The number of carbonyl (C=O) groups is 1. The summed E-state index contributed by atoms with van der Waals surface area (Å²) in [6, 6.07) is 6.82. The smallest absolute Gasteiger partial charge is 0.336 e. The van der Waals surface area contributed by atoms with Crippen LogP contribution in [0.5, 0.6) is 0 Å². The van der Waals surface area contributed by atoms with Crippen molar-refractivity contribution in [3.63, 3.8) is 0 Å². The van der Waals surface area contributed by atoms with Crippen molar-refractivity contribution in [1.29, 1.82) is 0 Å². The fourth-order valence-electron chi connectivity index (χ4n) is 3.37. The monoisotopic (exact) mass is 299 g/mol. The molecule has 1 N–H and O–H groups in total. The second kappa shape index (κ2) is 6.26. The van der Waals surface area contributed by atoms with Crippen LogP contribution in [-0.4, -0.2) is 16.1 Å². The van der Waals surface area contributed by atoms with Crippen LogP contribution < -0.4 is 0 Å². The quantitative estimate of drug-likeness (QED) is 0.929. The summed E-state index contributed by atoms with van der Waals surface area (Å²) in [5, 5.41) is 9.22. The van der Waals surface area contributed by atoms with Crippen LogP contribution in [-0.2, 0) is 12.8 Å². The molecule has 0 aliphatic heterocycles. The van der Waals surface area contributed by atoms with Gasteiger partial charge < -0.3 is 5.11 Å². The van der Waals surface area contributed by atoms with Gasteiger partial charge in [-0.05, 0) is 66.8 Å². The van der Waals surface area contributed by atoms with Crippen molar-refractivity contribution in [2.24, 2.45) is 0 Å². The molecule has 0 spiro atoms. The van der Waals surface area contributed by atoms with Crippen molar-refractivity contribution in [2.75, 3.05) is 0 Å². The zero-order valence-corrected chi connectivity index (χ0v) is 12.3. The fraction of sp³-hybridized carbons (Fsp3) is 0.333. The highest BCUT2D eigenvalue weighted by molar-refractivity contribution is 5.89. The zero-order chi connectivity index (χ0) is 15.5. The van der Waals surface area contributed by atoms with E-state index in [0.717, 1.165) is 42.4 Å². The average molecular weight is 299 g/mol. The van der Waals surface area contributed by atoms with E-state index in [0.29, 0.717) is 17.9 Å². The molecule has 1 atom stereocenters. The van der Waals surface area contributed by atoms with Gasteiger partial charge in [0.25, 0.3) is 0 Å². The summed E-state index contributed by atoms with van der Waals surface area (Å²) in [4.78, 5) is 15.3. The molecule has 1 heterocycles. The minimum atomic E-state index is -0.924. The van der Waals surface area contributed by atoms with Gasteiger partial charge >= 0.3 is 5.97 Å². The Balaban J connectivity index is 1.79. The molecular formula is C18H18FNO2. The molecule has 4 heteroatoms. The molecule has 0 bridgehead atoms. The number of nitrogens with zero attached hydrogens (tertiary/aromatic N) is 1. The van der Waals surface area contributed by atoms with Crippen LogP contribution >= 0.6 is 0 Å². The van der Waals surface area contributed by atoms with Gasteiger partial charge in [0.15, 0.2) is 0 Å². The topological polar surface area (TPSA) is 50.2 Å². The van der Waals surface area contributed by atoms with Gasteiger partial charge in [0.1, 0.15) is 5.82 Å². The highest BCUT2D eigenvalue weighted by atomic mass is 19.1. The van der Waals surface area contributed by atoms with Crippen LogP contribution in [0.15, 0.2) is 36.7 Å². The lowest BCUT2D eigenvalue weighted by Gasteiger charge is -2.26. The summed E-state index contributed by atoms with van der Waals surface area (Å²) in [5.41, 5.74) is 2.99. The number of aryl methyl sites for hydroxylation is 1. The van der Waals surface area contributed by atoms with Gasteiger partial charge in [-0.25, -0.2) is 9.18 Å². The molecule has 114 valence electrons. The second-order valence-electron chi connectivity index (χ2n) is 5.77. The zero-order valence-electron chi connectivity index (χ0n) is 12.3. The highest BCUT2D eigenvalue weighted by Gasteiger charge is 2.22. The van der Waals surface area contributed by atoms with Gasteiger partial charge in [0.2, 0.25) is 0 Å². The van der Waals surface area contributed by atoms with Gasteiger partial charge in [0, 0.05) is 12.4 Å². The molecule has 0 saturated carbocycles. The van der Waals surface area contributed by atoms with E-state index in [2.05, 4.69) is 4.98 Å². The Labute approximate surface area is 128 Å². The van der Waals surface area contributed by atoms with Gasteiger partial charge in [-0.3, -0.25) is 4.98 Å². The molecule has 1 unspecified atom stereocenters. The van der Waals surface area contributed by atoms with Crippen LogP contribution in [0.3, 0.4) is 0 Å². The van der Waals surface area contributed by atoms with Gasteiger partial charge in [-0.1, -0.05) is 12.1 Å². The number of pyridine rings is 1. The lowest BCUT2D eigenvalue weighted by molar-refractivity contribution is 0.0695. The van der Waals surface area contributed by atoms with Crippen LogP contribution in [0, 0.1) is 5.82 Å². The summed E-state index contributed by atoms with van der Waals surface area (Å²) in [6.07, 6.45) is 7.40. The van der Waals surface area contributed by atoms with Crippen LogP contribution in [0.4, 0.5) is 4.39 Å². The number of rotatable bonds is 4.